The molecule has 2 amide bonds. The summed E-state index contributed by atoms with van der Waals surface area (Å²) < 4.78 is 33.5. The van der Waals surface area contributed by atoms with Crippen LogP contribution in [0.25, 0.3) is 0 Å². The highest BCUT2D eigenvalue weighted by molar-refractivity contribution is 7.10. The van der Waals surface area contributed by atoms with E-state index in [1.54, 1.807) is 61.2 Å². The number of thiophene rings is 4. The van der Waals surface area contributed by atoms with Crippen LogP contribution in [0, 0.1) is 0 Å². The van der Waals surface area contributed by atoms with Crippen LogP contribution < -0.4 is 14.9 Å². The van der Waals surface area contributed by atoms with E-state index in [-0.39, 0.29) is 27.2 Å². The number of benzene rings is 1. The lowest BCUT2D eigenvalue weighted by molar-refractivity contribution is -0.0793. The molecule has 0 saturated carbocycles. The fraction of sp³-hybridized carbons (Fsp3) is 0.314. The van der Waals surface area contributed by atoms with Crippen molar-refractivity contribution >= 4 is 57.5 Å². The first kappa shape index (κ1) is 38.2. The van der Waals surface area contributed by atoms with Crippen molar-refractivity contribution in [1.29, 1.82) is 0 Å². The Bertz CT molecular complexity index is 1510. The van der Waals surface area contributed by atoms with E-state index in [4.69, 9.17) is 28.4 Å². The largest absolute Gasteiger partial charge is 0.467 e. The van der Waals surface area contributed by atoms with Crippen LogP contribution in [0.4, 0.5) is 9.59 Å². The molecule has 0 aliphatic heterocycles. The van der Waals surface area contributed by atoms with Crippen LogP contribution >= 0.6 is 45.3 Å². The second-order valence-electron chi connectivity index (χ2n) is 11.1. The first-order valence-corrected chi connectivity index (χ1v) is 19.3. The predicted molar refractivity (Wildman–Crippen MR) is 199 cm³/mol. The summed E-state index contributed by atoms with van der Waals surface area (Å²) in [7, 11) is 3.79. The molecule has 0 radical (unpaired) electrons. The smallest absolute Gasteiger partial charge is 0.412 e. The number of nitrogens with zero attached hydrogens (tertiary/aromatic N) is 3. The van der Waals surface area contributed by atoms with Crippen LogP contribution in [-0.4, -0.2) is 68.3 Å². The monoisotopic (exact) mass is 772 g/mol. The van der Waals surface area contributed by atoms with Gasteiger partial charge in [0, 0.05) is 46.2 Å². The number of nitrogens with one attached hydrogen (secondary N) is 1. The fourth-order valence-electron chi connectivity index (χ4n) is 4.54. The molecule has 0 bridgehead atoms. The Morgan fingerprint density at radius 1 is 0.588 bits per heavy atom. The van der Waals surface area contributed by atoms with Crippen molar-refractivity contribution in [1.82, 2.24) is 20.2 Å². The van der Waals surface area contributed by atoms with Gasteiger partial charge in [0.1, 0.15) is 11.5 Å². The zero-order valence-corrected chi connectivity index (χ0v) is 31.5. The van der Waals surface area contributed by atoms with E-state index in [9.17, 15) is 9.59 Å². The minimum absolute atomic E-state index is 0.160. The molecule has 0 saturated heterocycles. The summed E-state index contributed by atoms with van der Waals surface area (Å²) in [6.07, 6.45) is -0.958. The van der Waals surface area contributed by atoms with Crippen molar-refractivity contribution in [3.63, 3.8) is 0 Å². The molecule has 0 aliphatic carbocycles. The molecule has 4 heterocycles. The SMILES string of the molecule is CN(C)NCc1cc(OCOCOC(=O)N(Cc2cccs2)Cc2cccs2)cc(OCOCOC(=O)N(Cc2cccs2)Cc2cccs2)c1. The van der Waals surface area contributed by atoms with Crippen molar-refractivity contribution in [3.8, 4) is 11.5 Å². The Labute approximate surface area is 313 Å². The third kappa shape index (κ3) is 13.6. The number of carbonyl (C=O) groups excluding carboxylic acids is 2. The van der Waals surface area contributed by atoms with Crippen molar-refractivity contribution in [3.05, 3.63) is 113 Å². The molecule has 0 spiro atoms. The number of hydrazine groups is 1. The number of rotatable bonds is 21. The number of amides is 2. The Morgan fingerprint density at radius 2 is 0.980 bits per heavy atom. The third-order valence-electron chi connectivity index (χ3n) is 6.91. The summed E-state index contributed by atoms with van der Waals surface area (Å²) in [6.45, 7) is 1.40. The van der Waals surface area contributed by atoms with Crippen molar-refractivity contribution in [2.75, 3.05) is 41.3 Å². The van der Waals surface area contributed by atoms with E-state index < -0.39 is 12.2 Å². The van der Waals surface area contributed by atoms with Gasteiger partial charge in [0.15, 0.2) is 27.2 Å². The maximum atomic E-state index is 12.9. The molecular formula is C35H40N4O8S4. The maximum absolute atomic E-state index is 12.9. The van der Waals surface area contributed by atoms with Gasteiger partial charge in [-0.3, -0.25) is 20.2 Å². The number of carbonyl (C=O) groups is 2. The molecule has 5 aromatic rings. The quantitative estimate of drug-likeness (QED) is 0.0451. The van der Waals surface area contributed by atoms with Crippen molar-refractivity contribution in [2.45, 2.75) is 32.7 Å². The molecule has 12 nitrogen and oxygen atoms in total. The molecule has 0 fully saturated rings. The van der Waals surface area contributed by atoms with Crippen molar-refractivity contribution in [2.24, 2.45) is 0 Å². The van der Waals surface area contributed by atoms with Gasteiger partial charge < -0.3 is 28.4 Å². The van der Waals surface area contributed by atoms with Gasteiger partial charge in [-0.2, -0.15) is 0 Å². The highest BCUT2D eigenvalue weighted by Crippen LogP contribution is 2.24. The summed E-state index contributed by atoms with van der Waals surface area (Å²) in [5, 5.41) is 9.75. The average Bonchev–Trinajstić information content (AvgIpc) is 3.96. The highest BCUT2D eigenvalue weighted by Gasteiger charge is 2.19. The molecule has 16 heteroatoms. The first-order valence-electron chi connectivity index (χ1n) is 15.8. The molecular weight excluding hydrogens is 733 g/mol. The van der Waals surface area contributed by atoms with Crippen LogP contribution in [0.5, 0.6) is 11.5 Å². The molecule has 0 aliphatic rings. The van der Waals surface area contributed by atoms with Gasteiger partial charge in [0.05, 0.1) is 26.2 Å². The third-order valence-corrected chi connectivity index (χ3v) is 10.4. The Balaban J connectivity index is 1.07. The van der Waals surface area contributed by atoms with Gasteiger partial charge in [0.25, 0.3) is 0 Å². The summed E-state index contributed by atoms with van der Waals surface area (Å²) in [6, 6.07) is 21.2. The first-order chi connectivity index (χ1) is 24.9. The van der Waals surface area contributed by atoms with E-state index in [0.717, 1.165) is 25.1 Å². The Hall–Kier alpha value is -4.00. The van der Waals surface area contributed by atoms with Crippen LogP contribution in [0.3, 0.4) is 0 Å². The van der Waals surface area contributed by atoms with E-state index in [0.29, 0.717) is 44.2 Å². The van der Waals surface area contributed by atoms with E-state index in [1.165, 1.54) is 0 Å². The minimum Gasteiger partial charge on any atom is -0.467 e. The number of ether oxygens (including phenoxy) is 6. The number of hydrogen-bond donors (Lipinski definition) is 1. The highest BCUT2D eigenvalue weighted by atomic mass is 32.1. The lowest BCUT2D eigenvalue weighted by atomic mass is 10.2. The zero-order chi connectivity index (χ0) is 35.7. The van der Waals surface area contributed by atoms with Crippen molar-refractivity contribution < 1.29 is 38.0 Å². The zero-order valence-electron chi connectivity index (χ0n) is 28.3. The molecule has 272 valence electrons. The van der Waals surface area contributed by atoms with Gasteiger partial charge in [0.2, 0.25) is 0 Å². The summed E-state index contributed by atoms with van der Waals surface area (Å²) in [4.78, 5) is 33.3. The molecule has 1 N–H and O–H groups in total. The molecule has 5 rings (SSSR count). The fourth-order valence-corrected chi connectivity index (χ4v) is 7.41. The second kappa shape index (κ2) is 20.8. The molecule has 4 aromatic heterocycles. The van der Waals surface area contributed by atoms with Gasteiger partial charge in [-0.05, 0) is 63.5 Å². The lowest BCUT2D eigenvalue weighted by Gasteiger charge is -2.21. The van der Waals surface area contributed by atoms with E-state index >= 15 is 0 Å². The summed E-state index contributed by atoms with van der Waals surface area (Å²) >= 11 is 6.34. The average molecular weight is 773 g/mol. The van der Waals surface area contributed by atoms with Crippen LogP contribution in [0.2, 0.25) is 0 Å². The van der Waals surface area contributed by atoms with Crippen LogP contribution in [0.1, 0.15) is 25.1 Å². The molecule has 51 heavy (non-hydrogen) atoms. The Kier molecular flexibility index (Phi) is 15.6. The number of hydrogen-bond acceptors (Lipinski definition) is 14. The van der Waals surface area contributed by atoms with Gasteiger partial charge in [-0.1, -0.05) is 24.3 Å². The predicted octanol–water partition coefficient (Wildman–Crippen LogP) is 7.80. The van der Waals surface area contributed by atoms with Gasteiger partial charge in [-0.15, -0.1) is 45.3 Å². The van der Waals surface area contributed by atoms with Gasteiger partial charge in [-0.25, -0.2) is 9.59 Å². The lowest BCUT2D eigenvalue weighted by Crippen LogP contribution is -2.31. The molecule has 1 aromatic carbocycles. The van der Waals surface area contributed by atoms with E-state index in [2.05, 4.69) is 5.43 Å². The second-order valence-corrected chi connectivity index (χ2v) is 15.2. The van der Waals surface area contributed by atoms with E-state index in [1.807, 2.05) is 101 Å². The molecule has 0 unspecified atom stereocenters. The summed E-state index contributed by atoms with van der Waals surface area (Å²) in [5.74, 6) is 0.964. The van der Waals surface area contributed by atoms with Gasteiger partial charge >= 0.3 is 12.2 Å². The Morgan fingerprint density at radius 3 is 1.31 bits per heavy atom. The normalized spacial score (nSPS) is 11.0. The topological polar surface area (TPSA) is 111 Å². The van der Waals surface area contributed by atoms with Crippen LogP contribution in [0.15, 0.2) is 88.3 Å². The minimum atomic E-state index is -0.479. The molecule has 0 atom stereocenters. The maximum Gasteiger partial charge on any atom is 0.412 e. The standard InChI is InChI=1S/C35H40N4O8S4/c1-37(2)36-18-27-15-28(44-23-42-25-46-34(40)38(19-30-7-3-11-48-30)20-31-8-4-12-49-31)17-29(16-27)45-24-43-26-47-35(41)39(21-32-9-5-13-50-32)22-33-10-6-14-51-33/h3-17,36H,18-26H2,1-2H3. The summed E-state index contributed by atoms with van der Waals surface area (Å²) in [5.41, 5.74) is 4.10. The van der Waals surface area contributed by atoms with Crippen LogP contribution in [-0.2, 0) is 51.7 Å².